The van der Waals surface area contributed by atoms with E-state index in [0.29, 0.717) is 17.9 Å². The maximum Gasteiger partial charge on any atom is 0.276 e. The number of dihydropyridines is 1. The van der Waals surface area contributed by atoms with Gasteiger partial charge >= 0.3 is 0 Å². The number of carbonyl (C=O) groups is 1. The van der Waals surface area contributed by atoms with Gasteiger partial charge in [-0.2, -0.15) is 5.10 Å². The Kier molecular flexibility index (Phi) is 7.46. The first-order valence-corrected chi connectivity index (χ1v) is 12.5. The average Bonchev–Trinajstić information content (AvgIpc) is 3.36. The van der Waals surface area contributed by atoms with E-state index in [9.17, 15) is 4.79 Å². The number of fused-ring (bicyclic) bond motifs is 1. The van der Waals surface area contributed by atoms with E-state index < -0.39 is 0 Å². The molecule has 0 saturated heterocycles. The number of nitrogens with one attached hydrogen (secondary N) is 2. The molecule has 0 radical (unpaired) electrons. The molecule has 2 N–H and O–H groups in total. The fourth-order valence-electron chi connectivity index (χ4n) is 4.17. The molecule has 4 aromatic rings. The van der Waals surface area contributed by atoms with Crippen molar-refractivity contribution in [3.8, 4) is 5.75 Å². The molecule has 1 aliphatic rings. The Labute approximate surface area is 221 Å². The first kappa shape index (κ1) is 25.2. The number of pyridine rings is 1. The molecular formula is C29H31N7O2. The highest BCUT2D eigenvalue weighted by Crippen LogP contribution is 2.25. The predicted molar refractivity (Wildman–Crippen MR) is 152 cm³/mol. The van der Waals surface area contributed by atoms with Crippen LogP contribution in [0.5, 0.6) is 5.75 Å². The number of H-pyrrole nitrogens is 1. The summed E-state index contributed by atoms with van der Waals surface area (Å²) in [5.74, 6) is 1.34. The summed E-state index contributed by atoms with van der Waals surface area (Å²) in [7, 11) is 6.08. The number of hydrogen-bond acceptors (Lipinski definition) is 7. The normalized spacial score (nSPS) is 14.9. The maximum absolute atomic E-state index is 13.1. The van der Waals surface area contributed by atoms with Gasteiger partial charge in [-0.25, -0.2) is 4.98 Å². The van der Waals surface area contributed by atoms with E-state index in [4.69, 9.17) is 4.74 Å². The van der Waals surface area contributed by atoms with Gasteiger partial charge in [0.25, 0.3) is 5.91 Å². The van der Waals surface area contributed by atoms with E-state index in [1.54, 1.807) is 6.20 Å². The number of rotatable bonds is 9. The van der Waals surface area contributed by atoms with Crippen molar-refractivity contribution in [3.63, 3.8) is 0 Å². The Morgan fingerprint density at radius 1 is 1.08 bits per heavy atom. The zero-order chi connectivity index (χ0) is 26.5. The smallest absolute Gasteiger partial charge is 0.276 e. The molecule has 5 rings (SSSR count). The molecule has 38 heavy (non-hydrogen) atoms. The standard InChI is InChI=1S/C29H31N7O2/c1-35(2)13-14-36(3)27-12-10-22(18-31-27)32-29(37)28-25-16-20(9-11-26(25)33-34-28)21-15-24(19-30-17-21)38-23-7-5-4-6-8-23/h4-12,15-18,24H,13-14,19H2,1-3H3,(H,32,37)(H,33,34). The maximum atomic E-state index is 13.1. The zero-order valence-corrected chi connectivity index (χ0v) is 21.8. The van der Waals surface area contributed by atoms with Gasteiger partial charge in [-0.05, 0) is 67.7 Å². The molecule has 2 aromatic carbocycles. The fraction of sp³-hybridized carbons (Fsp3) is 0.241. The average molecular weight is 510 g/mol. The van der Waals surface area contributed by atoms with Gasteiger partial charge in [0.1, 0.15) is 17.7 Å². The van der Waals surface area contributed by atoms with Gasteiger partial charge in [0.05, 0.1) is 23.9 Å². The molecule has 0 aliphatic carbocycles. The molecule has 9 heteroatoms. The second kappa shape index (κ2) is 11.3. The lowest BCUT2D eigenvalue weighted by molar-refractivity contribution is 0.102. The van der Waals surface area contributed by atoms with Crippen LogP contribution in [0.4, 0.5) is 11.5 Å². The first-order chi connectivity index (χ1) is 18.5. The summed E-state index contributed by atoms with van der Waals surface area (Å²) in [6.45, 7) is 2.33. The number of hydrogen-bond donors (Lipinski definition) is 2. The molecule has 0 saturated carbocycles. The first-order valence-electron chi connectivity index (χ1n) is 12.5. The molecule has 9 nitrogen and oxygen atoms in total. The molecule has 2 aromatic heterocycles. The van der Waals surface area contributed by atoms with Crippen molar-refractivity contribution in [1.82, 2.24) is 20.1 Å². The molecule has 194 valence electrons. The molecule has 1 amide bonds. The minimum Gasteiger partial charge on any atom is -0.484 e. The summed E-state index contributed by atoms with van der Waals surface area (Å²) in [6, 6.07) is 19.3. The molecule has 0 spiro atoms. The van der Waals surface area contributed by atoms with Crippen LogP contribution in [0.25, 0.3) is 16.5 Å². The SMILES string of the molecule is CN(C)CCN(C)c1ccc(NC(=O)c2n[nH]c3ccc(C4=CC(Oc5ccccc5)CN=C4)cc23)cn1. The Hall–Kier alpha value is -4.50. The number of benzene rings is 2. The number of aromatic amines is 1. The van der Waals surface area contributed by atoms with Crippen LogP contribution >= 0.6 is 0 Å². The third-order valence-electron chi connectivity index (χ3n) is 6.30. The van der Waals surface area contributed by atoms with Crippen LogP contribution in [0.3, 0.4) is 0 Å². The third kappa shape index (κ3) is 5.90. The summed E-state index contributed by atoms with van der Waals surface area (Å²) >= 11 is 0. The predicted octanol–water partition coefficient (Wildman–Crippen LogP) is 4.12. The van der Waals surface area contributed by atoms with Crippen molar-refractivity contribution in [2.45, 2.75) is 6.10 Å². The fourth-order valence-corrected chi connectivity index (χ4v) is 4.17. The van der Waals surface area contributed by atoms with Gasteiger partial charge in [-0.1, -0.05) is 24.3 Å². The Morgan fingerprint density at radius 3 is 2.68 bits per heavy atom. The van der Waals surface area contributed by atoms with Gasteiger partial charge in [-0.15, -0.1) is 0 Å². The van der Waals surface area contributed by atoms with Crippen molar-refractivity contribution in [2.75, 3.05) is 51.0 Å². The second-order valence-corrected chi connectivity index (χ2v) is 9.50. The molecule has 3 heterocycles. The Balaban J connectivity index is 1.31. The quantitative estimate of drug-likeness (QED) is 0.352. The summed E-state index contributed by atoms with van der Waals surface area (Å²) < 4.78 is 6.07. The van der Waals surface area contributed by atoms with Crippen LogP contribution in [0.15, 0.2) is 77.9 Å². The highest BCUT2D eigenvalue weighted by Gasteiger charge is 2.18. The molecule has 0 fully saturated rings. The van der Waals surface area contributed by atoms with Crippen molar-refractivity contribution in [2.24, 2.45) is 4.99 Å². The van der Waals surface area contributed by atoms with Crippen molar-refractivity contribution < 1.29 is 9.53 Å². The van der Waals surface area contributed by atoms with Gasteiger partial charge < -0.3 is 19.9 Å². The largest absolute Gasteiger partial charge is 0.484 e. The minimum absolute atomic E-state index is 0.169. The van der Waals surface area contributed by atoms with Gasteiger partial charge in [-0.3, -0.25) is 14.9 Å². The number of ether oxygens (including phenoxy) is 1. The van der Waals surface area contributed by atoms with Crippen LogP contribution in [0, 0.1) is 0 Å². The lowest BCUT2D eigenvalue weighted by atomic mass is 10.0. The number of anilines is 2. The summed E-state index contributed by atoms with van der Waals surface area (Å²) in [4.78, 5) is 26.3. The molecule has 1 atom stereocenters. The number of likely N-dealkylation sites (N-methyl/N-ethyl adjacent to an activating group) is 2. The molecule has 0 bridgehead atoms. The van der Waals surface area contributed by atoms with Crippen molar-refractivity contribution >= 4 is 40.1 Å². The lowest BCUT2D eigenvalue weighted by Crippen LogP contribution is -2.28. The van der Waals surface area contributed by atoms with E-state index in [1.807, 2.05) is 88.0 Å². The number of para-hydroxylation sites is 1. The van der Waals surface area contributed by atoms with Crippen LogP contribution in [-0.2, 0) is 0 Å². The summed E-state index contributed by atoms with van der Waals surface area (Å²) in [5.41, 5.74) is 3.57. The Morgan fingerprint density at radius 2 is 1.92 bits per heavy atom. The number of allylic oxidation sites excluding steroid dienone is 1. The molecular weight excluding hydrogens is 478 g/mol. The lowest BCUT2D eigenvalue weighted by Gasteiger charge is -2.20. The minimum atomic E-state index is -0.305. The number of amides is 1. The highest BCUT2D eigenvalue weighted by molar-refractivity contribution is 6.14. The van der Waals surface area contributed by atoms with Crippen LogP contribution < -0.4 is 15.0 Å². The number of aliphatic imine (C=N–C) groups is 1. The van der Waals surface area contributed by atoms with Crippen LogP contribution in [-0.4, -0.2) is 79.1 Å². The molecule has 1 unspecified atom stereocenters. The van der Waals surface area contributed by atoms with Crippen LogP contribution in [0.1, 0.15) is 16.1 Å². The van der Waals surface area contributed by atoms with Gasteiger partial charge in [0, 0.05) is 31.7 Å². The van der Waals surface area contributed by atoms with E-state index in [1.165, 1.54) is 0 Å². The zero-order valence-electron chi connectivity index (χ0n) is 21.8. The number of carbonyl (C=O) groups excluding carboxylic acids is 1. The molecule has 1 aliphatic heterocycles. The van der Waals surface area contributed by atoms with E-state index in [0.717, 1.165) is 46.7 Å². The number of aromatic nitrogens is 3. The highest BCUT2D eigenvalue weighted by atomic mass is 16.5. The number of nitrogens with zero attached hydrogens (tertiary/aromatic N) is 5. The van der Waals surface area contributed by atoms with E-state index in [-0.39, 0.29) is 12.0 Å². The van der Waals surface area contributed by atoms with Crippen molar-refractivity contribution in [3.05, 3.63) is 84.2 Å². The van der Waals surface area contributed by atoms with E-state index in [2.05, 4.69) is 41.4 Å². The van der Waals surface area contributed by atoms with Gasteiger partial charge in [0.2, 0.25) is 0 Å². The second-order valence-electron chi connectivity index (χ2n) is 9.50. The van der Waals surface area contributed by atoms with Crippen LogP contribution in [0.2, 0.25) is 0 Å². The topological polar surface area (TPSA) is 98.7 Å². The summed E-state index contributed by atoms with van der Waals surface area (Å²) in [5, 5.41) is 10.9. The Bertz CT molecular complexity index is 1460. The monoisotopic (exact) mass is 509 g/mol. The van der Waals surface area contributed by atoms with Crippen molar-refractivity contribution in [1.29, 1.82) is 0 Å². The van der Waals surface area contributed by atoms with E-state index >= 15 is 0 Å². The summed E-state index contributed by atoms with van der Waals surface area (Å²) in [6.07, 6.45) is 5.39. The van der Waals surface area contributed by atoms with Gasteiger partial charge in [0.15, 0.2) is 5.69 Å². The third-order valence-corrected chi connectivity index (χ3v) is 6.30.